The molecule has 1 aromatic carbocycles. The monoisotopic (exact) mass is 518 g/mol. The molecule has 0 saturated carbocycles. The lowest BCUT2D eigenvalue weighted by Crippen LogP contribution is -2.72. The molecule has 3 rings (SSSR count). The number of carbonyl (C=O) groups excluding carboxylic acids is 1. The lowest BCUT2D eigenvalue weighted by Gasteiger charge is -2.51. The van der Waals surface area contributed by atoms with Crippen LogP contribution in [0.3, 0.4) is 0 Å². The first-order chi connectivity index (χ1) is 16.3. The Labute approximate surface area is 202 Å². The Hall–Kier alpha value is -1.05. The molecule has 2 aliphatic rings. The Balaban J connectivity index is 1.83. The molecule has 9 nitrogen and oxygen atoms in total. The van der Waals surface area contributed by atoms with Gasteiger partial charge in [0.2, 0.25) is 0 Å². The largest absolute Gasteiger partial charge is 0.523 e. The molecule has 2 fully saturated rings. The molecule has 3 atom stereocenters. The van der Waals surface area contributed by atoms with Crippen LogP contribution < -0.4 is 0 Å². The molecule has 1 aromatic rings. The first-order valence-corrected chi connectivity index (χ1v) is 15.4. The Kier molecular flexibility index (Phi) is 9.55. The summed E-state index contributed by atoms with van der Waals surface area (Å²) in [7, 11) is -7.61. The summed E-state index contributed by atoms with van der Waals surface area (Å²) in [5.74, 6) is -0.00593. The van der Waals surface area contributed by atoms with E-state index in [1.54, 1.807) is 27.7 Å². The third-order valence-electron chi connectivity index (χ3n) is 6.44. The van der Waals surface area contributed by atoms with Crippen molar-refractivity contribution in [2.75, 3.05) is 33.0 Å². The maximum absolute atomic E-state index is 13.8. The van der Waals surface area contributed by atoms with Crippen LogP contribution in [-0.2, 0) is 38.5 Å². The predicted octanol–water partition coefficient (Wildman–Crippen LogP) is 6.14. The van der Waals surface area contributed by atoms with E-state index in [-0.39, 0.29) is 55.6 Å². The van der Waals surface area contributed by atoms with Gasteiger partial charge in [0.25, 0.3) is 6.23 Å². The maximum Gasteiger partial charge on any atom is 0.523 e. The van der Waals surface area contributed by atoms with Crippen molar-refractivity contribution in [3.05, 3.63) is 35.9 Å². The van der Waals surface area contributed by atoms with Gasteiger partial charge in [0.15, 0.2) is 5.40 Å². The molecule has 192 valence electrons. The number of quaternary nitrogens is 1. The standard InChI is InChI=1S/C23H38NO8P2/c1-5-28-33(26,29-6-2)22(34(27,30-7-3)31-8-4)17-20-14-15-24(21(16-20)32-23(24)25)18-19-12-10-9-11-13-19/h9-13,20-22H,5-8,14-18H2,1-4H3/q+1. The van der Waals surface area contributed by atoms with E-state index in [1.165, 1.54) is 0 Å². The van der Waals surface area contributed by atoms with Gasteiger partial charge in [-0.1, -0.05) is 30.3 Å². The predicted molar refractivity (Wildman–Crippen MR) is 128 cm³/mol. The SMILES string of the molecule is CCOP(=O)(OCC)C(CC1CC[N+]2(Cc3ccccc3)C(=O)OC2C1)P(=O)(OCC)OCC. The second-order valence-corrected chi connectivity index (χ2v) is 13.4. The zero-order valence-electron chi connectivity index (χ0n) is 20.6. The lowest BCUT2D eigenvalue weighted by atomic mass is 9.89. The van der Waals surface area contributed by atoms with Crippen LogP contribution in [0.4, 0.5) is 4.79 Å². The fourth-order valence-electron chi connectivity index (χ4n) is 4.93. The highest BCUT2D eigenvalue weighted by molar-refractivity contribution is 7.72. The molecule has 2 aliphatic heterocycles. The van der Waals surface area contributed by atoms with E-state index in [1.807, 2.05) is 30.3 Å². The van der Waals surface area contributed by atoms with Gasteiger partial charge in [0, 0.05) is 18.4 Å². The molecule has 0 spiro atoms. The van der Waals surface area contributed by atoms with Crippen LogP contribution in [-0.4, -0.2) is 55.2 Å². The number of hydrogen-bond donors (Lipinski definition) is 0. The van der Waals surface area contributed by atoms with Gasteiger partial charge in [0.1, 0.15) is 6.54 Å². The topological polar surface area (TPSA) is 97.4 Å². The van der Waals surface area contributed by atoms with Gasteiger partial charge in [-0.2, -0.15) is 9.28 Å². The second kappa shape index (κ2) is 11.8. The molecular weight excluding hydrogens is 480 g/mol. The highest BCUT2D eigenvalue weighted by Crippen LogP contribution is 2.72. The number of benzene rings is 1. The summed E-state index contributed by atoms with van der Waals surface area (Å²) in [5, 5.41) is -1.05. The third-order valence-corrected chi connectivity index (χ3v) is 12.5. The first-order valence-electron chi connectivity index (χ1n) is 12.2. The molecule has 0 aromatic heterocycles. The van der Waals surface area contributed by atoms with Crippen LogP contribution in [0.1, 0.15) is 52.5 Å². The molecular formula is C23H38NO8P2+. The van der Waals surface area contributed by atoms with Crippen LogP contribution in [0.25, 0.3) is 0 Å². The Morgan fingerprint density at radius 3 is 1.91 bits per heavy atom. The molecule has 2 saturated heterocycles. The summed E-state index contributed by atoms with van der Waals surface area (Å²) in [6, 6.07) is 9.90. The van der Waals surface area contributed by atoms with E-state index < -0.39 is 20.6 Å². The van der Waals surface area contributed by atoms with Crippen molar-refractivity contribution in [3.63, 3.8) is 0 Å². The van der Waals surface area contributed by atoms with E-state index in [4.69, 9.17) is 22.8 Å². The van der Waals surface area contributed by atoms with Crippen molar-refractivity contribution in [1.82, 2.24) is 0 Å². The van der Waals surface area contributed by atoms with Gasteiger partial charge in [-0.3, -0.25) is 9.13 Å². The Morgan fingerprint density at radius 2 is 1.47 bits per heavy atom. The number of rotatable bonds is 14. The van der Waals surface area contributed by atoms with Gasteiger partial charge in [-0.15, -0.1) is 0 Å². The van der Waals surface area contributed by atoms with Gasteiger partial charge >= 0.3 is 21.3 Å². The maximum atomic E-state index is 13.8. The van der Waals surface area contributed by atoms with E-state index in [0.717, 1.165) is 5.56 Å². The highest BCUT2D eigenvalue weighted by atomic mass is 31.2. The highest BCUT2D eigenvalue weighted by Gasteiger charge is 2.62. The summed E-state index contributed by atoms with van der Waals surface area (Å²) in [6.45, 7) is 8.64. The fraction of sp³-hybridized carbons (Fsp3) is 0.696. The minimum atomic E-state index is -3.80. The smallest absolute Gasteiger partial charge is 0.366 e. The van der Waals surface area contributed by atoms with Crippen LogP contribution in [0.2, 0.25) is 0 Å². The summed E-state index contributed by atoms with van der Waals surface area (Å²) in [5.41, 5.74) is 1.08. The minimum absolute atomic E-state index is 0.00593. The minimum Gasteiger partial charge on any atom is -0.366 e. The van der Waals surface area contributed by atoms with Crippen LogP contribution in [0.15, 0.2) is 30.3 Å². The number of amides is 1. The zero-order valence-corrected chi connectivity index (χ0v) is 22.4. The van der Waals surface area contributed by atoms with Crippen molar-refractivity contribution < 1.29 is 41.2 Å². The van der Waals surface area contributed by atoms with Gasteiger partial charge < -0.3 is 22.8 Å². The third kappa shape index (κ3) is 5.67. The van der Waals surface area contributed by atoms with Gasteiger partial charge in [-0.05, 0) is 40.0 Å². The number of fused-ring (bicyclic) bond motifs is 1. The zero-order chi connectivity index (χ0) is 24.8. The van der Waals surface area contributed by atoms with Crippen molar-refractivity contribution >= 4 is 21.3 Å². The summed E-state index contributed by atoms with van der Waals surface area (Å²) < 4.78 is 55.9. The number of carbonyl (C=O) groups is 1. The molecule has 11 heteroatoms. The van der Waals surface area contributed by atoms with E-state index in [2.05, 4.69) is 0 Å². The number of ether oxygens (including phenoxy) is 1. The van der Waals surface area contributed by atoms with Crippen molar-refractivity contribution in [2.45, 2.75) is 65.1 Å². The van der Waals surface area contributed by atoms with Gasteiger partial charge in [0.05, 0.1) is 33.0 Å². The van der Waals surface area contributed by atoms with Crippen LogP contribution >= 0.6 is 15.2 Å². The normalized spacial score (nSPS) is 25.0. The molecule has 0 bridgehead atoms. The Morgan fingerprint density at radius 1 is 0.941 bits per heavy atom. The number of nitrogens with zero attached hydrogens (tertiary/aromatic N) is 1. The Bertz CT molecular complexity index is 863. The quantitative estimate of drug-likeness (QED) is 0.214. The van der Waals surface area contributed by atoms with Crippen LogP contribution in [0.5, 0.6) is 0 Å². The lowest BCUT2D eigenvalue weighted by molar-refractivity contribution is -0.968. The molecule has 0 N–H and O–H groups in total. The molecule has 0 radical (unpaired) electrons. The average Bonchev–Trinajstić information content (AvgIpc) is 2.80. The van der Waals surface area contributed by atoms with Gasteiger partial charge in [-0.25, -0.2) is 0 Å². The van der Waals surface area contributed by atoms with Crippen molar-refractivity contribution in [1.29, 1.82) is 0 Å². The van der Waals surface area contributed by atoms with E-state index >= 15 is 0 Å². The molecule has 1 amide bonds. The molecule has 0 aliphatic carbocycles. The molecule has 3 unspecified atom stereocenters. The van der Waals surface area contributed by atoms with Crippen molar-refractivity contribution in [2.24, 2.45) is 5.92 Å². The van der Waals surface area contributed by atoms with E-state index in [9.17, 15) is 13.9 Å². The summed E-state index contributed by atoms with van der Waals surface area (Å²) in [6.07, 6.45) is 1.03. The summed E-state index contributed by atoms with van der Waals surface area (Å²) >= 11 is 0. The van der Waals surface area contributed by atoms with E-state index in [0.29, 0.717) is 25.9 Å². The second-order valence-electron chi connectivity index (χ2n) is 8.60. The van der Waals surface area contributed by atoms with Crippen molar-refractivity contribution in [3.8, 4) is 0 Å². The first kappa shape index (κ1) is 27.5. The molecule has 34 heavy (non-hydrogen) atoms. The molecule has 2 heterocycles. The number of piperidine rings is 1. The average molecular weight is 519 g/mol. The fourth-order valence-corrected chi connectivity index (χ4v) is 10.5. The summed E-state index contributed by atoms with van der Waals surface area (Å²) in [4.78, 5) is 12.6. The number of hydrogen-bond acceptors (Lipinski definition) is 8. The van der Waals surface area contributed by atoms with Crippen LogP contribution in [0, 0.1) is 5.92 Å².